The van der Waals surface area contributed by atoms with Crippen LogP contribution >= 0.6 is 0 Å². The minimum absolute atomic E-state index is 0.616. The Kier molecular flexibility index (Phi) is 7.90. The Hall–Kier alpha value is -3.57. The lowest BCUT2D eigenvalue weighted by Gasteiger charge is -2.28. The van der Waals surface area contributed by atoms with E-state index in [0.717, 1.165) is 78.3 Å². The number of carbonyl (C=O) groups excluding carboxylic acids is 1. The quantitative estimate of drug-likeness (QED) is 0.325. The minimum atomic E-state index is 0.616. The smallest absolute Gasteiger partial charge is 0.150 e. The highest BCUT2D eigenvalue weighted by Gasteiger charge is 2.25. The summed E-state index contributed by atoms with van der Waals surface area (Å²) in [7, 11) is 3.39. The molecule has 0 radical (unpaired) electrons. The first-order valence-electron chi connectivity index (χ1n) is 13.2. The number of aryl methyl sites for hydroxylation is 1. The fraction of sp³-hybridized carbons (Fsp3) is 0.344. The van der Waals surface area contributed by atoms with E-state index in [-0.39, 0.29) is 0 Å². The number of methoxy groups -OCH3 is 2. The number of hydrogen-bond acceptors (Lipinski definition) is 5. The van der Waals surface area contributed by atoms with Gasteiger partial charge in [-0.05, 0) is 109 Å². The molecule has 0 aromatic heterocycles. The molecule has 0 saturated carbocycles. The van der Waals surface area contributed by atoms with Crippen LogP contribution < -0.4 is 14.2 Å². The summed E-state index contributed by atoms with van der Waals surface area (Å²) in [5.74, 6) is 2.48. The normalized spacial score (nSPS) is 15.7. The zero-order valence-corrected chi connectivity index (χ0v) is 21.8. The van der Waals surface area contributed by atoms with Crippen LogP contribution in [0.4, 0.5) is 0 Å². The van der Waals surface area contributed by atoms with Gasteiger partial charge in [0.1, 0.15) is 30.1 Å². The van der Waals surface area contributed by atoms with Crippen LogP contribution in [0.5, 0.6) is 17.2 Å². The molecule has 0 atom stereocenters. The van der Waals surface area contributed by atoms with Crippen molar-refractivity contribution in [1.82, 2.24) is 4.90 Å². The van der Waals surface area contributed by atoms with Gasteiger partial charge in [0, 0.05) is 17.7 Å². The first kappa shape index (κ1) is 25.1. The average Bonchev–Trinajstić information content (AvgIpc) is 2.97. The molecule has 0 unspecified atom stereocenters. The summed E-state index contributed by atoms with van der Waals surface area (Å²) in [4.78, 5) is 14.3. The molecule has 3 aromatic carbocycles. The zero-order chi connectivity index (χ0) is 25.6. The van der Waals surface area contributed by atoms with Crippen molar-refractivity contribution in [2.24, 2.45) is 0 Å². The Balaban J connectivity index is 1.61. The Bertz CT molecular complexity index is 1290. The summed E-state index contributed by atoms with van der Waals surface area (Å²) in [6.07, 6.45) is 6.51. The molecule has 5 rings (SSSR count). The van der Waals surface area contributed by atoms with Crippen molar-refractivity contribution in [2.75, 3.05) is 40.5 Å². The van der Waals surface area contributed by atoms with Crippen LogP contribution in [0.25, 0.3) is 11.1 Å². The molecule has 2 aliphatic rings. The topological polar surface area (TPSA) is 48.0 Å². The molecule has 1 saturated heterocycles. The maximum absolute atomic E-state index is 11.8. The zero-order valence-electron chi connectivity index (χ0n) is 21.8. The SMILES string of the molecule is COc1cccc(C2=C(c3cc(C=O)ccc3OCCN3CCCCC3)c3ccc(OC)cc3CC2)c1. The molecule has 5 nitrogen and oxygen atoms in total. The summed E-state index contributed by atoms with van der Waals surface area (Å²) < 4.78 is 17.5. The summed E-state index contributed by atoms with van der Waals surface area (Å²) in [6.45, 7) is 3.80. The maximum atomic E-state index is 11.8. The van der Waals surface area contributed by atoms with E-state index < -0.39 is 0 Å². The number of likely N-dealkylation sites (tertiary alicyclic amines) is 1. The third-order valence-electron chi connectivity index (χ3n) is 7.47. The molecule has 5 heteroatoms. The maximum Gasteiger partial charge on any atom is 0.150 e. The Morgan fingerprint density at radius 2 is 1.65 bits per heavy atom. The summed E-state index contributed by atoms with van der Waals surface area (Å²) in [6, 6.07) is 20.2. The van der Waals surface area contributed by atoms with Gasteiger partial charge in [-0.1, -0.05) is 24.6 Å². The van der Waals surface area contributed by atoms with E-state index in [9.17, 15) is 4.79 Å². The van der Waals surface area contributed by atoms with Gasteiger partial charge in [-0.15, -0.1) is 0 Å². The van der Waals surface area contributed by atoms with Gasteiger partial charge in [0.15, 0.2) is 0 Å². The molecule has 192 valence electrons. The van der Waals surface area contributed by atoms with Gasteiger partial charge < -0.3 is 14.2 Å². The van der Waals surface area contributed by atoms with Gasteiger partial charge in [-0.25, -0.2) is 0 Å². The molecule has 1 aliphatic heterocycles. The van der Waals surface area contributed by atoms with Crippen LogP contribution in [-0.4, -0.2) is 51.6 Å². The number of ether oxygens (including phenoxy) is 3. The van der Waals surface area contributed by atoms with Crippen LogP contribution in [0.1, 0.15) is 58.3 Å². The molecule has 0 bridgehead atoms. The highest BCUT2D eigenvalue weighted by Crippen LogP contribution is 2.45. The van der Waals surface area contributed by atoms with E-state index >= 15 is 0 Å². The number of piperidine rings is 1. The van der Waals surface area contributed by atoms with E-state index in [1.165, 1.54) is 30.4 Å². The largest absolute Gasteiger partial charge is 0.497 e. The Morgan fingerprint density at radius 3 is 2.43 bits per heavy atom. The highest BCUT2D eigenvalue weighted by molar-refractivity contribution is 6.03. The van der Waals surface area contributed by atoms with Crippen molar-refractivity contribution in [3.05, 3.63) is 88.5 Å². The van der Waals surface area contributed by atoms with E-state index in [4.69, 9.17) is 14.2 Å². The molecule has 0 amide bonds. The molecule has 0 spiro atoms. The van der Waals surface area contributed by atoms with E-state index in [1.807, 2.05) is 36.4 Å². The first-order valence-corrected chi connectivity index (χ1v) is 13.2. The van der Waals surface area contributed by atoms with Gasteiger partial charge in [0.25, 0.3) is 0 Å². The van der Waals surface area contributed by atoms with Crippen molar-refractivity contribution in [1.29, 1.82) is 0 Å². The molecule has 0 N–H and O–H groups in total. The van der Waals surface area contributed by atoms with Crippen LogP contribution in [0, 0.1) is 0 Å². The second-order valence-corrected chi connectivity index (χ2v) is 9.73. The van der Waals surface area contributed by atoms with Crippen LogP contribution in [0.2, 0.25) is 0 Å². The lowest BCUT2D eigenvalue weighted by Crippen LogP contribution is -2.33. The highest BCUT2D eigenvalue weighted by atomic mass is 16.5. The third kappa shape index (κ3) is 5.57. The summed E-state index contributed by atoms with van der Waals surface area (Å²) in [5.41, 5.74) is 7.41. The number of fused-ring (bicyclic) bond motifs is 1. The van der Waals surface area contributed by atoms with Crippen LogP contribution in [-0.2, 0) is 6.42 Å². The first-order chi connectivity index (χ1) is 18.2. The molecular formula is C32H35NO4. The van der Waals surface area contributed by atoms with Crippen molar-refractivity contribution < 1.29 is 19.0 Å². The summed E-state index contributed by atoms with van der Waals surface area (Å²) in [5, 5.41) is 0. The van der Waals surface area contributed by atoms with Crippen molar-refractivity contribution in [3.63, 3.8) is 0 Å². The molecule has 1 fully saturated rings. The van der Waals surface area contributed by atoms with Crippen molar-refractivity contribution in [3.8, 4) is 17.2 Å². The molecule has 37 heavy (non-hydrogen) atoms. The van der Waals surface area contributed by atoms with Gasteiger partial charge >= 0.3 is 0 Å². The van der Waals surface area contributed by atoms with Gasteiger partial charge in [0.2, 0.25) is 0 Å². The second kappa shape index (κ2) is 11.7. The minimum Gasteiger partial charge on any atom is -0.497 e. The van der Waals surface area contributed by atoms with Crippen LogP contribution in [0.3, 0.4) is 0 Å². The van der Waals surface area contributed by atoms with E-state index in [1.54, 1.807) is 14.2 Å². The third-order valence-corrected chi connectivity index (χ3v) is 7.47. The van der Waals surface area contributed by atoms with E-state index in [2.05, 4.69) is 29.2 Å². The van der Waals surface area contributed by atoms with Crippen LogP contribution in [0.15, 0.2) is 60.7 Å². The average molecular weight is 498 g/mol. The number of rotatable bonds is 9. The number of hydrogen-bond donors (Lipinski definition) is 0. The van der Waals surface area contributed by atoms with Gasteiger partial charge in [-0.3, -0.25) is 9.69 Å². The Morgan fingerprint density at radius 1 is 0.838 bits per heavy atom. The van der Waals surface area contributed by atoms with Crippen molar-refractivity contribution in [2.45, 2.75) is 32.1 Å². The summed E-state index contributed by atoms with van der Waals surface area (Å²) >= 11 is 0. The predicted octanol–water partition coefficient (Wildman–Crippen LogP) is 6.29. The Labute approximate surface area is 219 Å². The second-order valence-electron chi connectivity index (χ2n) is 9.73. The van der Waals surface area contributed by atoms with Gasteiger partial charge in [0.05, 0.1) is 14.2 Å². The van der Waals surface area contributed by atoms with Gasteiger partial charge in [-0.2, -0.15) is 0 Å². The number of allylic oxidation sites excluding steroid dienone is 1. The standard InChI is InChI=1S/C32H35NO4/c1-35-26-8-6-7-24(20-26)28-12-10-25-21-27(36-2)11-13-29(25)32(28)30-19-23(22-34)9-14-31(30)37-18-17-33-15-4-3-5-16-33/h6-9,11,13-14,19-22H,3-5,10,12,15-18H2,1-2H3. The fourth-order valence-corrected chi connectivity index (χ4v) is 5.51. The molecule has 1 heterocycles. The fourth-order valence-electron chi connectivity index (χ4n) is 5.51. The monoisotopic (exact) mass is 497 g/mol. The lowest BCUT2D eigenvalue weighted by atomic mass is 9.79. The predicted molar refractivity (Wildman–Crippen MR) is 148 cm³/mol. The van der Waals surface area contributed by atoms with Crippen molar-refractivity contribution >= 4 is 17.4 Å². The number of benzene rings is 3. The molecule has 1 aliphatic carbocycles. The molecular weight excluding hydrogens is 462 g/mol. The number of aldehydes is 1. The number of carbonyl (C=O) groups is 1. The molecule has 3 aromatic rings. The lowest BCUT2D eigenvalue weighted by molar-refractivity contribution is 0.112. The van der Waals surface area contributed by atoms with E-state index in [0.29, 0.717) is 12.2 Å². The number of nitrogens with zero attached hydrogens (tertiary/aromatic N) is 1.